The third-order valence-electron chi connectivity index (χ3n) is 3.62. The molecule has 21 heavy (non-hydrogen) atoms. The zero-order valence-corrected chi connectivity index (χ0v) is 11.0. The van der Waals surface area contributed by atoms with Crippen LogP contribution >= 0.6 is 0 Å². The SMILES string of the molecule is O=C(NCC1CCCC1O)c1cc(F)c(F)cc1[N+](=O)[O-]. The molecule has 8 heteroatoms. The van der Waals surface area contributed by atoms with E-state index in [0.29, 0.717) is 18.6 Å². The Kier molecular flexibility index (Phi) is 4.46. The van der Waals surface area contributed by atoms with Crippen molar-refractivity contribution >= 4 is 11.6 Å². The summed E-state index contributed by atoms with van der Waals surface area (Å²) in [6, 6.07) is 0.891. The third kappa shape index (κ3) is 3.33. The first kappa shape index (κ1) is 15.3. The molecule has 6 nitrogen and oxygen atoms in total. The number of benzene rings is 1. The summed E-state index contributed by atoms with van der Waals surface area (Å²) in [5.74, 6) is -3.70. The second-order valence-corrected chi connectivity index (χ2v) is 5.01. The second kappa shape index (κ2) is 6.13. The van der Waals surface area contributed by atoms with Gasteiger partial charge in [0.1, 0.15) is 5.56 Å². The van der Waals surface area contributed by atoms with E-state index in [2.05, 4.69) is 5.32 Å². The summed E-state index contributed by atoms with van der Waals surface area (Å²) < 4.78 is 26.2. The number of nitrogens with zero attached hydrogens (tertiary/aromatic N) is 1. The van der Waals surface area contributed by atoms with Crippen molar-refractivity contribution in [1.29, 1.82) is 0 Å². The molecule has 2 rings (SSSR count). The molecular formula is C13H14F2N2O4. The van der Waals surface area contributed by atoms with Crippen molar-refractivity contribution in [2.24, 2.45) is 5.92 Å². The van der Waals surface area contributed by atoms with Gasteiger partial charge in [-0.25, -0.2) is 8.78 Å². The van der Waals surface area contributed by atoms with Gasteiger partial charge in [-0.1, -0.05) is 6.42 Å². The van der Waals surface area contributed by atoms with Gasteiger partial charge in [0.05, 0.1) is 17.1 Å². The van der Waals surface area contributed by atoms with Crippen LogP contribution in [0.15, 0.2) is 12.1 Å². The van der Waals surface area contributed by atoms with E-state index >= 15 is 0 Å². The first-order chi connectivity index (χ1) is 9.90. The van der Waals surface area contributed by atoms with Gasteiger partial charge in [0, 0.05) is 12.5 Å². The number of carbonyl (C=O) groups is 1. The second-order valence-electron chi connectivity index (χ2n) is 5.01. The number of nitro benzene ring substituents is 1. The fraction of sp³-hybridized carbons (Fsp3) is 0.462. The first-order valence-electron chi connectivity index (χ1n) is 6.50. The highest BCUT2D eigenvalue weighted by atomic mass is 19.2. The summed E-state index contributed by atoms with van der Waals surface area (Å²) in [6.07, 6.45) is 1.70. The van der Waals surface area contributed by atoms with Crippen LogP contribution in [0.1, 0.15) is 29.6 Å². The maximum absolute atomic E-state index is 13.2. The Bertz CT molecular complexity index is 580. The fourth-order valence-electron chi connectivity index (χ4n) is 2.44. The van der Waals surface area contributed by atoms with Gasteiger partial charge in [0.2, 0.25) is 0 Å². The average molecular weight is 300 g/mol. The van der Waals surface area contributed by atoms with Crippen LogP contribution in [0.25, 0.3) is 0 Å². The van der Waals surface area contributed by atoms with Crippen LogP contribution in [-0.2, 0) is 0 Å². The summed E-state index contributed by atoms with van der Waals surface area (Å²) in [4.78, 5) is 21.8. The lowest BCUT2D eigenvalue weighted by Gasteiger charge is -2.15. The molecule has 1 aromatic carbocycles. The molecule has 0 heterocycles. The van der Waals surface area contributed by atoms with Crippen LogP contribution in [0.5, 0.6) is 0 Å². The Hall–Kier alpha value is -2.09. The zero-order valence-electron chi connectivity index (χ0n) is 11.0. The van der Waals surface area contributed by atoms with Crippen LogP contribution in [0.4, 0.5) is 14.5 Å². The number of nitro groups is 1. The number of aliphatic hydroxyl groups excluding tert-OH is 1. The number of aliphatic hydroxyl groups is 1. The van der Waals surface area contributed by atoms with Gasteiger partial charge in [-0.3, -0.25) is 14.9 Å². The number of hydrogen-bond donors (Lipinski definition) is 2. The van der Waals surface area contributed by atoms with Gasteiger partial charge in [0.15, 0.2) is 11.6 Å². The lowest BCUT2D eigenvalue weighted by atomic mass is 10.1. The molecule has 1 aliphatic rings. The molecule has 1 saturated carbocycles. The molecule has 114 valence electrons. The number of amides is 1. The minimum absolute atomic E-state index is 0.127. The summed E-state index contributed by atoms with van der Waals surface area (Å²) in [6.45, 7) is 0.135. The van der Waals surface area contributed by atoms with Crippen LogP contribution in [0.2, 0.25) is 0 Å². The molecule has 2 N–H and O–H groups in total. The minimum Gasteiger partial charge on any atom is -0.393 e. The van der Waals surface area contributed by atoms with E-state index in [1.54, 1.807) is 0 Å². The van der Waals surface area contributed by atoms with Crippen molar-refractivity contribution in [3.63, 3.8) is 0 Å². The van der Waals surface area contributed by atoms with Crippen molar-refractivity contribution < 1.29 is 23.6 Å². The molecule has 1 fully saturated rings. The smallest absolute Gasteiger partial charge is 0.285 e. The molecule has 0 radical (unpaired) electrons. The van der Waals surface area contributed by atoms with Gasteiger partial charge in [-0.15, -0.1) is 0 Å². The van der Waals surface area contributed by atoms with E-state index in [-0.39, 0.29) is 12.5 Å². The molecular weight excluding hydrogens is 286 g/mol. The standard InChI is InChI=1S/C13H14F2N2O4/c14-9-4-8(11(17(20)21)5-10(9)15)13(19)16-6-7-2-1-3-12(7)18/h4-5,7,12,18H,1-3,6H2,(H,16,19). The van der Waals surface area contributed by atoms with Crippen LogP contribution in [-0.4, -0.2) is 28.6 Å². The average Bonchev–Trinajstić information content (AvgIpc) is 2.84. The van der Waals surface area contributed by atoms with Crippen molar-refractivity contribution in [3.05, 3.63) is 39.4 Å². The lowest BCUT2D eigenvalue weighted by Crippen LogP contribution is -2.32. The Labute approximate surface area is 118 Å². The van der Waals surface area contributed by atoms with Crippen LogP contribution < -0.4 is 5.32 Å². The monoisotopic (exact) mass is 300 g/mol. The highest BCUT2D eigenvalue weighted by Gasteiger charge is 2.28. The molecule has 1 amide bonds. The minimum atomic E-state index is -1.38. The van der Waals surface area contributed by atoms with E-state index in [9.17, 15) is 28.8 Å². The molecule has 0 saturated heterocycles. The maximum atomic E-state index is 13.2. The Morgan fingerprint density at radius 2 is 2.05 bits per heavy atom. The van der Waals surface area contributed by atoms with E-state index in [1.165, 1.54) is 0 Å². The highest BCUT2D eigenvalue weighted by molar-refractivity contribution is 5.98. The van der Waals surface area contributed by atoms with Crippen molar-refractivity contribution in [1.82, 2.24) is 5.32 Å². The van der Waals surface area contributed by atoms with Crippen molar-refractivity contribution in [3.8, 4) is 0 Å². The first-order valence-corrected chi connectivity index (χ1v) is 6.50. The number of nitrogens with one attached hydrogen (secondary N) is 1. The Morgan fingerprint density at radius 1 is 1.38 bits per heavy atom. The van der Waals surface area contributed by atoms with Crippen LogP contribution in [0.3, 0.4) is 0 Å². The van der Waals surface area contributed by atoms with E-state index in [0.717, 1.165) is 12.8 Å². The van der Waals surface area contributed by atoms with Gasteiger partial charge < -0.3 is 10.4 Å². The number of hydrogen-bond acceptors (Lipinski definition) is 4. The van der Waals surface area contributed by atoms with Crippen molar-refractivity contribution in [2.45, 2.75) is 25.4 Å². The summed E-state index contributed by atoms with van der Waals surface area (Å²) in [5, 5.41) is 22.8. The molecule has 0 spiro atoms. The zero-order chi connectivity index (χ0) is 15.6. The summed E-state index contributed by atoms with van der Waals surface area (Å²) >= 11 is 0. The van der Waals surface area contributed by atoms with Crippen LogP contribution in [0, 0.1) is 27.7 Å². The molecule has 0 aromatic heterocycles. The fourth-order valence-corrected chi connectivity index (χ4v) is 2.44. The number of rotatable bonds is 4. The molecule has 0 aliphatic heterocycles. The topological polar surface area (TPSA) is 92.5 Å². The number of carbonyl (C=O) groups excluding carboxylic acids is 1. The largest absolute Gasteiger partial charge is 0.393 e. The maximum Gasteiger partial charge on any atom is 0.285 e. The lowest BCUT2D eigenvalue weighted by molar-refractivity contribution is -0.385. The molecule has 2 atom stereocenters. The predicted molar refractivity (Wildman–Crippen MR) is 68.7 cm³/mol. The quantitative estimate of drug-likeness (QED) is 0.654. The number of halogens is 2. The third-order valence-corrected chi connectivity index (χ3v) is 3.62. The van der Waals surface area contributed by atoms with E-state index in [1.807, 2.05) is 0 Å². The van der Waals surface area contributed by atoms with Gasteiger partial charge in [0.25, 0.3) is 11.6 Å². The van der Waals surface area contributed by atoms with E-state index < -0.39 is 39.8 Å². The molecule has 2 unspecified atom stereocenters. The van der Waals surface area contributed by atoms with Gasteiger partial charge in [-0.05, 0) is 18.9 Å². The van der Waals surface area contributed by atoms with Gasteiger partial charge >= 0.3 is 0 Å². The molecule has 1 aliphatic carbocycles. The molecule has 1 aromatic rings. The van der Waals surface area contributed by atoms with Gasteiger partial charge in [-0.2, -0.15) is 0 Å². The van der Waals surface area contributed by atoms with E-state index in [4.69, 9.17) is 0 Å². The Morgan fingerprint density at radius 3 is 2.62 bits per heavy atom. The summed E-state index contributed by atoms with van der Waals surface area (Å²) in [7, 11) is 0. The molecule has 0 bridgehead atoms. The van der Waals surface area contributed by atoms with Crippen molar-refractivity contribution in [2.75, 3.05) is 6.54 Å². The summed E-state index contributed by atoms with van der Waals surface area (Å²) in [5.41, 5.74) is -1.33. The highest BCUT2D eigenvalue weighted by Crippen LogP contribution is 2.25. The predicted octanol–water partition coefficient (Wildman–Crippen LogP) is 1.76. The Balaban J connectivity index is 2.14. The normalized spacial score (nSPS) is 21.3.